The van der Waals surface area contributed by atoms with Gasteiger partial charge in [0.05, 0.1) is 35.9 Å². The van der Waals surface area contributed by atoms with Gasteiger partial charge in [-0.3, -0.25) is 19.3 Å². The van der Waals surface area contributed by atoms with Crippen LogP contribution in [0.2, 0.25) is 0 Å². The molecule has 2 aromatic heterocycles. The molecule has 2 aliphatic rings. The van der Waals surface area contributed by atoms with Crippen LogP contribution in [0, 0.1) is 5.92 Å². The van der Waals surface area contributed by atoms with Gasteiger partial charge in [0.15, 0.2) is 0 Å². The lowest BCUT2D eigenvalue weighted by atomic mass is 10.0. The van der Waals surface area contributed by atoms with Crippen molar-refractivity contribution >= 4 is 23.2 Å². The number of fused-ring (bicyclic) bond motifs is 1. The molecule has 7 heteroatoms. The highest BCUT2D eigenvalue weighted by molar-refractivity contribution is 6.06. The lowest BCUT2D eigenvalue weighted by molar-refractivity contribution is -0.120. The zero-order chi connectivity index (χ0) is 21.5. The molecule has 3 aromatic rings. The normalized spacial score (nSPS) is 18.1. The monoisotopic (exact) mass is 415 g/mol. The molecule has 0 bridgehead atoms. The minimum atomic E-state index is -0.0559. The Bertz CT molecular complexity index is 1140. The molecule has 1 fully saturated rings. The lowest BCUT2D eigenvalue weighted by Gasteiger charge is -2.41. The van der Waals surface area contributed by atoms with Crippen LogP contribution in [0.1, 0.15) is 32.4 Å². The molecule has 0 unspecified atom stereocenters. The standard InChI is InChI=1S/C24H25N5O2/c1-16-13-28(24(31)18-6-7-18)23-11-19(8-9-22(23)29(16)17(2)30)20-12-26-27(14-20)15-21-5-3-4-10-25-21/h3-5,8-12,14,16,18H,6-7,13,15H2,1-2H3/t16-/m0/s1. The number of benzene rings is 1. The Morgan fingerprint density at radius 2 is 1.94 bits per heavy atom. The van der Waals surface area contributed by atoms with Gasteiger partial charge in [-0.25, -0.2) is 0 Å². The molecule has 31 heavy (non-hydrogen) atoms. The maximum absolute atomic E-state index is 13.0. The van der Waals surface area contributed by atoms with Crippen LogP contribution in [-0.4, -0.2) is 39.2 Å². The Balaban J connectivity index is 1.50. The summed E-state index contributed by atoms with van der Waals surface area (Å²) in [6.45, 7) is 4.68. The van der Waals surface area contributed by atoms with Gasteiger partial charge in [-0.05, 0) is 49.6 Å². The summed E-state index contributed by atoms with van der Waals surface area (Å²) in [5.41, 5.74) is 4.48. The van der Waals surface area contributed by atoms with Crippen LogP contribution >= 0.6 is 0 Å². The van der Waals surface area contributed by atoms with Crippen LogP contribution in [0.3, 0.4) is 0 Å². The number of aromatic nitrogens is 3. The zero-order valence-electron chi connectivity index (χ0n) is 17.7. The van der Waals surface area contributed by atoms with Crippen LogP contribution in [0.25, 0.3) is 11.1 Å². The Kier molecular flexibility index (Phi) is 4.81. The van der Waals surface area contributed by atoms with Crippen LogP contribution in [0.15, 0.2) is 55.0 Å². The van der Waals surface area contributed by atoms with Gasteiger partial charge in [-0.15, -0.1) is 0 Å². The number of carbonyl (C=O) groups is 2. The van der Waals surface area contributed by atoms with E-state index in [1.54, 1.807) is 18.0 Å². The molecular formula is C24H25N5O2. The number of hydrogen-bond donors (Lipinski definition) is 0. The molecule has 0 N–H and O–H groups in total. The summed E-state index contributed by atoms with van der Waals surface area (Å²) in [6.07, 6.45) is 7.49. The molecule has 0 spiro atoms. The van der Waals surface area contributed by atoms with Crippen LogP contribution in [-0.2, 0) is 16.1 Å². The molecule has 3 heterocycles. The third-order valence-corrected chi connectivity index (χ3v) is 5.96. The van der Waals surface area contributed by atoms with Gasteiger partial charge < -0.3 is 9.80 Å². The highest BCUT2D eigenvalue weighted by Crippen LogP contribution is 2.42. The summed E-state index contributed by atoms with van der Waals surface area (Å²) in [6, 6.07) is 11.7. The Hall–Kier alpha value is -3.48. The van der Waals surface area contributed by atoms with E-state index in [4.69, 9.17) is 0 Å². The Morgan fingerprint density at radius 3 is 2.65 bits per heavy atom. The van der Waals surface area contributed by atoms with E-state index < -0.39 is 0 Å². The topological polar surface area (TPSA) is 71.3 Å². The molecule has 0 radical (unpaired) electrons. The molecule has 158 valence electrons. The molecule has 1 aliphatic carbocycles. The van der Waals surface area contributed by atoms with Crippen LogP contribution < -0.4 is 9.80 Å². The van der Waals surface area contributed by atoms with Crippen molar-refractivity contribution in [1.29, 1.82) is 0 Å². The first-order chi connectivity index (χ1) is 15.0. The fraction of sp³-hybridized carbons (Fsp3) is 0.333. The minimum absolute atomic E-state index is 0.0109. The van der Waals surface area contributed by atoms with E-state index >= 15 is 0 Å². The first kappa shape index (κ1) is 19.5. The highest BCUT2D eigenvalue weighted by atomic mass is 16.2. The van der Waals surface area contributed by atoms with E-state index in [0.717, 1.165) is 41.0 Å². The quantitative estimate of drug-likeness (QED) is 0.654. The third kappa shape index (κ3) is 3.71. The van der Waals surface area contributed by atoms with Gasteiger partial charge in [0, 0.05) is 37.3 Å². The maximum Gasteiger partial charge on any atom is 0.230 e. The predicted octanol–water partition coefficient (Wildman–Crippen LogP) is 3.49. The summed E-state index contributed by atoms with van der Waals surface area (Å²) >= 11 is 0. The summed E-state index contributed by atoms with van der Waals surface area (Å²) in [5.74, 6) is 0.274. The molecule has 1 saturated carbocycles. The van der Waals surface area contributed by atoms with Gasteiger partial charge >= 0.3 is 0 Å². The van der Waals surface area contributed by atoms with Crippen LogP contribution in [0.5, 0.6) is 0 Å². The van der Waals surface area contributed by atoms with Crippen molar-refractivity contribution < 1.29 is 9.59 Å². The van der Waals surface area contributed by atoms with Gasteiger partial charge in [-0.1, -0.05) is 12.1 Å². The molecule has 1 aliphatic heterocycles. The van der Waals surface area contributed by atoms with E-state index in [0.29, 0.717) is 13.1 Å². The largest absolute Gasteiger partial charge is 0.308 e. The molecule has 7 nitrogen and oxygen atoms in total. The fourth-order valence-electron chi connectivity index (χ4n) is 4.30. The Labute approximate surface area is 181 Å². The highest BCUT2D eigenvalue weighted by Gasteiger charge is 2.39. The van der Waals surface area contributed by atoms with E-state index in [2.05, 4.69) is 10.1 Å². The average Bonchev–Trinajstić information content (AvgIpc) is 3.52. The van der Waals surface area contributed by atoms with Crippen molar-refractivity contribution in [3.63, 3.8) is 0 Å². The molecule has 5 rings (SSSR count). The second-order valence-electron chi connectivity index (χ2n) is 8.41. The van der Waals surface area contributed by atoms with E-state index in [9.17, 15) is 9.59 Å². The van der Waals surface area contributed by atoms with E-state index in [1.807, 2.05) is 65.3 Å². The first-order valence-electron chi connectivity index (χ1n) is 10.7. The summed E-state index contributed by atoms with van der Waals surface area (Å²) < 4.78 is 1.86. The van der Waals surface area contributed by atoms with Gasteiger partial charge in [0.25, 0.3) is 0 Å². The molecule has 2 amide bonds. The average molecular weight is 415 g/mol. The molecular weight excluding hydrogens is 390 g/mol. The number of rotatable bonds is 4. The van der Waals surface area contributed by atoms with Crippen molar-refractivity contribution in [1.82, 2.24) is 14.8 Å². The van der Waals surface area contributed by atoms with Gasteiger partial charge in [0.2, 0.25) is 11.8 Å². The number of hydrogen-bond acceptors (Lipinski definition) is 4. The number of amides is 2. The molecule has 1 atom stereocenters. The van der Waals surface area contributed by atoms with Crippen molar-refractivity contribution in [2.24, 2.45) is 5.92 Å². The second-order valence-corrected chi connectivity index (χ2v) is 8.41. The summed E-state index contributed by atoms with van der Waals surface area (Å²) in [4.78, 5) is 33.3. The maximum atomic E-state index is 13.0. The van der Waals surface area contributed by atoms with Crippen molar-refractivity contribution in [2.45, 2.75) is 39.3 Å². The smallest absolute Gasteiger partial charge is 0.230 e. The fourth-order valence-corrected chi connectivity index (χ4v) is 4.30. The van der Waals surface area contributed by atoms with E-state index in [1.165, 1.54) is 0 Å². The zero-order valence-corrected chi connectivity index (χ0v) is 17.7. The number of carbonyl (C=O) groups excluding carboxylic acids is 2. The predicted molar refractivity (Wildman–Crippen MR) is 119 cm³/mol. The summed E-state index contributed by atoms with van der Waals surface area (Å²) in [7, 11) is 0. The molecule has 1 aromatic carbocycles. The number of nitrogens with zero attached hydrogens (tertiary/aromatic N) is 5. The Morgan fingerprint density at radius 1 is 1.10 bits per heavy atom. The number of pyridine rings is 1. The third-order valence-electron chi connectivity index (χ3n) is 5.96. The minimum Gasteiger partial charge on any atom is -0.308 e. The van der Waals surface area contributed by atoms with Crippen molar-refractivity contribution in [2.75, 3.05) is 16.3 Å². The number of anilines is 2. The van der Waals surface area contributed by atoms with Crippen molar-refractivity contribution in [3.05, 3.63) is 60.7 Å². The summed E-state index contributed by atoms with van der Waals surface area (Å²) in [5, 5.41) is 4.48. The first-order valence-corrected chi connectivity index (χ1v) is 10.7. The van der Waals surface area contributed by atoms with Crippen LogP contribution in [0.4, 0.5) is 11.4 Å². The van der Waals surface area contributed by atoms with E-state index in [-0.39, 0.29) is 23.8 Å². The molecule has 0 saturated heterocycles. The SMILES string of the molecule is CC(=O)N1c2ccc(-c3cnn(Cc4ccccn4)c3)cc2N(C(=O)C2CC2)C[C@@H]1C. The van der Waals surface area contributed by atoms with Crippen molar-refractivity contribution in [3.8, 4) is 11.1 Å². The van der Waals surface area contributed by atoms with Gasteiger partial charge in [-0.2, -0.15) is 5.10 Å². The van der Waals surface area contributed by atoms with Gasteiger partial charge in [0.1, 0.15) is 0 Å². The second kappa shape index (κ2) is 7.65. The lowest BCUT2D eigenvalue weighted by Crippen LogP contribution is -2.51.